The third kappa shape index (κ3) is 6.85. The largest absolute Gasteiger partial charge is 0.489 e. The van der Waals surface area contributed by atoms with E-state index in [9.17, 15) is 14.0 Å². The summed E-state index contributed by atoms with van der Waals surface area (Å²) in [6, 6.07) is 13.5. The van der Waals surface area contributed by atoms with E-state index in [2.05, 4.69) is 9.88 Å². The first-order valence-corrected chi connectivity index (χ1v) is 16.7. The van der Waals surface area contributed by atoms with Gasteiger partial charge < -0.3 is 23.8 Å². The van der Waals surface area contributed by atoms with Gasteiger partial charge in [-0.2, -0.15) is 0 Å². The number of benzene rings is 3. The topological polar surface area (TPSA) is 87.2 Å². The molecule has 0 spiro atoms. The molecule has 250 valence electrons. The molecule has 1 aliphatic carbocycles. The number of piperidine rings is 1. The molecule has 4 aromatic rings. The minimum Gasteiger partial charge on any atom is -0.489 e. The van der Waals surface area contributed by atoms with Gasteiger partial charge in [0, 0.05) is 37.7 Å². The maximum absolute atomic E-state index is 15.4. The van der Waals surface area contributed by atoms with Crippen molar-refractivity contribution in [2.24, 2.45) is 5.41 Å². The van der Waals surface area contributed by atoms with E-state index in [0.717, 1.165) is 26.1 Å². The summed E-state index contributed by atoms with van der Waals surface area (Å²) < 4.78 is 53.1. The number of hydrogen-bond donors (Lipinski definition) is 0. The number of hydrogen-bond acceptors (Lipinski definition) is 8. The number of carbonyl (C=O) groups is 2. The molecule has 2 aliphatic heterocycles. The van der Waals surface area contributed by atoms with Crippen LogP contribution >= 0.6 is 0 Å². The number of halogens is 2. The standard InChI is InChI=1S/C38H38F2N2O6/c39-27-8-5-25(6-9-27)21-33(43)38(12-13-38)34(44)22-26-7-10-28(23-29(26)40)48-31-11-14-41-30-24-32(36-37(35(30)31)47-20-19-46-36)45-18-4-17-42-15-2-1-3-16-42/h5-11,14,23-24H,1-4,12-13,15-22H2. The highest BCUT2D eigenvalue weighted by Crippen LogP contribution is 2.50. The number of pyridine rings is 1. The molecule has 1 saturated carbocycles. The monoisotopic (exact) mass is 656 g/mol. The Morgan fingerprint density at radius 2 is 1.60 bits per heavy atom. The molecule has 2 fully saturated rings. The first kappa shape index (κ1) is 32.0. The van der Waals surface area contributed by atoms with Crippen LogP contribution in [0, 0.1) is 17.0 Å². The molecule has 0 radical (unpaired) electrons. The van der Waals surface area contributed by atoms with E-state index in [4.69, 9.17) is 18.9 Å². The second-order valence-electron chi connectivity index (χ2n) is 12.8. The van der Waals surface area contributed by atoms with Crippen molar-refractivity contribution < 1.29 is 37.3 Å². The van der Waals surface area contributed by atoms with Gasteiger partial charge in [0.25, 0.3) is 0 Å². The van der Waals surface area contributed by atoms with Crippen LogP contribution in [-0.2, 0) is 22.4 Å². The Labute approximate surface area is 278 Å². The Kier molecular flexibility index (Phi) is 9.26. The molecule has 3 aliphatic rings. The van der Waals surface area contributed by atoms with Gasteiger partial charge >= 0.3 is 0 Å². The Morgan fingerprint density at radius 3 is 2.35 bits per heavy atom. The lowest BCUT2D eigenvalue weighted by atomic mass is 9.88. The zero-order valence-electron chi connectivity index (χ0n) is 26.8. The van der Waals surface area contributed by atoms with Gasteiger partial charge in [-0.15, -0.1) is 0 Å². The van der Waals surface area contributed by atoms with Crippen molar-refractivity contribution in [1.82, 2.24) is 9.88 Å². The highest BCUT2D eigenvalue weighted by atomic mass is 19.1. The van der Waals surface area contributed by atoms with Crippen LogP contribution in [0.4, 0.5) is 8.78 Å². The molecule has 1 saturated heterocycles. The Morgan fingerprint density at radius 1 is 0.854 bits per heavy atom. The quantitative estimate of drug-likeness (QED) is 0.112. The Balaban J connectivity index is 1.04. The van der Waals surface area contributed by atoms with Gasteiger partial charge in [-0.05, 0) is 80.6 Å². The average molecular weight is 657 g/mol. The summed E-state index contributed by atoms with van der Waals surface area (Å²) in [6.45, 7) is 4.53. The van der Waals surface area contributed by atoms with Crippen LogP contribution in [0.1, 0.15) is 49.7 Å². The van der Waals surface area contributed by atoms with Gasteiger partial charge in [0.1, 0.15) is 36.3 Å². The molecular formula is C38H38F2N2O6. The minimum atomic E-state index is -1.11. The fraction of sp³-hybridized carbons (Fsp3) is 0.395. The van der Waals surface area contributed by atoms with E-state index in [1.54, 1.807) is 18.3 Å². The third-order valence-corrected chi connectivity index (χ3v) is 9.47. The first-order valence-electron chi connectivity index (χ1n) is 16.7. The predicted octanol–water partition coefficient (Wildman–Crippen LogP) is 7.03. The number of aromatic nitrogens is 1. The number of ether oxygens (including phenoxy) is 4. The van der Waals surface area contributed by atoms with Gasteiger partial charge in [-0.3, -0.25) is 14.6 Å². The summed E-state index contributed by atoms with van der Waals surface area (Å²) in [5.41, 5.74) is 0.305. The molecule has 1 aromatic heterocycles. The smallest absolute Gasteiger partial charge is 0.204 e. The zero-order chi connectivity index (χ0) is 33.1. The second kappa shape index (κ2) is 13.9. The maximum Gasteiger partial charge on any atom is 0.204 e. The summed E-state index contributed by atoms with van der Waals surface area (Å²) in [5, 5.41) is 0.586. The van der Waals surface area contributed by atoms with E-state index in [0.29, 0.717) is 72.1 Å². The molecule has 10 heteroatoms. The highest BCUT2D eigenvalue weighted by molar-refractivity contribution is 6.11. The lowest BCUT2D eigenvalue weighted by Gasteiger charge is -2.26. The van der Waals surface area contributed by atoms with E-state index < -0.39 is 17.0 Å². The molecule has 3 heterocycles. The van der Waals surface area contributed by atoms with Crippen molar-refractivity contribution >= 4 is 22.5 Å². The number of nitrogens with zero attached hydrogens (tertiary/aromatic N) is 2. The van der Waals surface area contributed by atoms with E-state index in [1.807, 2.05) is 6.07 Å². The minimum absolute atomic E-state index is 0.0337. The Bertz CT molecular complexity index is 1820. The number of likely N-dealkylation sites (tertiary alicyclic amines) is 1. The molecule has 48 heavy (non-hydrogen) atoms. The summed E-state index contributed by atoms with van der Waals surface area (Å²) in [5.74, 6) is 0.632. The van der Waals surface area contributed by atoms with Crippen LogP contribution in [0.2, 0.25) is 0 Å². The molecule has 3 aromatic carbocycles. The molecule has 0 atom stereocenters. The van der Waals surface area contributed by atoms with Crippen LogP contribution in [0.5, 0.6) is 28.7 Å². The maximum atomic E-state index is 15.4. The van der Waals surface area contributed by atoms with E-state index >= 15 is 4.39 Å². The lowest BCUT2D eigenvalue weighted by molar-refractivity contribution is -0.133. The SMILES string of the molecule is O=C(Cc1ccc(F)cc1)C1(C(=O)Cc2ccc(Oc3ccnc4cc(OCCCN5CCCCC5)c5c(c34)OCCO5)cc2F)CC1. The fourth-order valence-corrected chi connectivity index (χ4v) is 6.62. The third-order valence-electron chi connectivity index (χ3n) is 9.47. The van der Waals surface area contributed by atoms with Gasteiger partial charge in [-0.25, -0.2) is 8.78 Å². The average Bonchev–Trinajstić information content (AvgIpc) is 3.92. The van der Waals surface area contributed by atoms with E-state index in [1.165, 1.54) is 55.7 Å². The fourth-order valence-electron chi connectivity index (χ4n) is 6.62. The Hall–Kier alpha value is -4.57. The van der Waals surface area contributed by atoms with Crippen molar-refractivity contribution in [3.63, 3.8) is 0 Å². The van der Waals surface area contributed by atoms with Crippen LogP contribution in [0.3, 0.4) is 0 Å². The summed E-state index contributed by atoms with van der Waals surface area (Å²) >= 11 is 0. The summed E-state index contributed by atoms with van der Waals surface area (Å²) in [6.07, 6.45) is 7.00. The van der Waals surface area contributed by atoms with Crippen LogP contribution in [0.25, 0.3) is 10.9 Å². The van der Waals surface area contributed by atoms with Gasteiger partial charge in [0.15, 0.2) is 23.1 Å². The first-order chi connectivity index (χ1) is 23.4. The molecule has 7 rings (SSSR count). The molecule has 0 unspecified atom stereocenters. The van der Waals surface area contributed by atoms with Crippen molar-refractivity contribution in [1.29, 1.82) is 0 Å². The molecule has 0 N–H and O–H groups in total. The highest BCUT2D eigenvalue weighted by Gasteiger charge is 2.54. The number of fused-ring (bicyclic) bond motifs is 3. The lowest BCUT2D eigenvalue weighted by Crippen LogP contribution is -2.31. The van der Waals surface area contributed by atoms with E-state index in [-0.39, 0.29) is 35.7 Å². The molecule has 8 nitrogen and oxygen atoms in total. The number of rotatable bonds is 13. The van der Waals surface area contributed by atoms with Gasteiger partial charge in [0.2, 0.25) is 5.75 Å². The second-order valence-corrected chi connectivity index (χ2v) is 12.8. The van der Waals surface area contributed by atoms with Crippen molar-refractivity contribution in [2.75, 3.05) is 39.5 Å². The molecular weight excluding hydrogens is 618 g/mol. The van der Waals surface area contributed by atoms with Crippen LogP contribution in [0.15, 0.2) is 60.8 Å². The number of carbonyl (C=O) groups excluding carboxylic acids is 2. The number of ketones is 2. The van der Waals surface area contributed by atoms with Crippen molar-refractivity contribution in [3.8, 4) is 28.7 Å². The van der Waals surface area contributed by atoms with Crippen molar-refractivity contribution in [2.45, 2.75) is 51.4 Å². The van der Waals surface area contributed by atoms with Crippen LogP contribution in [-0.4, -0.2) is 60.9 Å². The van der Waals surface area contributed by atoms with Gasteiger partial charge in [0.05, 0.1) is 22.9 Å². The molecule has 0 bridgehead atoms. The predicted molar refractivity (Wildman–Crippen MR) is 175 cm³/mol. The zero-order valence-corrected chi connectivity index (χ0v) is 26.8. The molecule has 0 amide bonds. The summed E-state index contributed by atoms with van der Waals surface area (Å²) in [7, 11) is 0. The summed E-state index contributed by atoms with van der Waals surface area (Å²) in [4.78, 5) is 33.3. The van der Waals surface area contributed by atoms with Crippen LogP contribution < -0.4 is 18.9 Å². The number of Topliss-reactive ketones (excluding diaryl/α,β-unsaturated/α-hetero) is 2. The van der Waals surface area contributed by atoms with Gasteiger partial charge in [-0.1, -0.05) is 24.6 Å². The van der Waals surface area contributed by atoms with Crippen molar-refractivity contribution in [3.05, 3.63) is 83.6 Å². The normalized spacial score (nSPS) is 16.8.